The van der Waals surface area contributed by atoms with Crippen LogP contribution in [-0.4, -0.2) is 13.4 Å². The second-order valence-electron chi connectivity index (χ2n) is 23.1. The van der Waals surface area contributed by atoms with Crippen LogP contribution in [0, 0.1) is 0 Å². The van der Waals surface area contributed by atoms with Gasteiger partial charge in [-0.3, -0.25) is 0 Å². The Morgan fingerprint density at radius 2 is 0.725 bits per heavy atom. The van der Waals surface area contributed by atoms with Gasteiger partial charge in [-0.05, 0) is 121 Å². The molecule has 2 aliphatic carbocycles. The maximum atomic E-state index is 7.56. The molecule has 0 atom stereocenters. The van der Waals surface area contributed by atoms with Crippen LogP contribution in [0.25, 0.3) is 22.3 Å². The van der Waals surface area contributed by atoms with Gasteiger partial charge in [0.25, 0.3) is 13.4 Å². The number of rotatable bonds is 6. The van der Waals surface area contributed by atoms with Gasteiger partial charge >= 0.3 is 0 Å². The van der Waals surface area contributed by atoms with Gasteiger partial charge in [-0.2, -0.15) is 0 Å². The minimum Gasteiger partial charge on any atom is -0.458 e. The molecule has 0 fully saturated rings. The molecule has 4 heterocycles. The van der Waals surface area contributed by atoms with Crippen LogP contribution in [0.3, 0.4) is 0 Å². The lowest BCUT2D eigenvalue weighted by atomic mass is 9.30. The fourth-order valence-electron chi connectivity index (χ4n) is 14.6. The van der Waals surface area contributed by atoms with E-state index in [0.29, 0.717) is 11.5 Å². The molecule has 0 N–H and O–H groups in total. The molecule has 6 nitrogen and oxygen atoms in total. The van der Waals surface area contributed by atoms with Gasteiger partial charge in [0.05, 0.1) is 0 Å². The van der Waals surface area contributed by atoms with Gasteiger partial charge in [0.2, 0.25) is 0 Å². The van der Waals surface area contributed by atoms with Crippen molar-refractivity contribution in [1.29, 1.82) is 0 Å². The first-order valence-electron chi connectivity index (χ1n) is 27.8. The summed E-state index contributed by atoms with van der Waals surface area (Å²) in [4.78, 5) is 4.88. The fraction of sp³-hybridized carbons (Fsp3) is 0.0833. The average Bonchev–Trinajstić information content (AvgIpc) is 4.06. The van der Waals surface area contributed by atoms with E-state index in [1.54, 1.807) is 0 Å². The second-order valence-corrected chi connectivity index (χ2v) is 23.1. The smallest absolute Gasteiger partial charge is 0.256 e. The first-order valence-corrected chi connectivity index (χ1v) is 27.8. The van der Waals surface area contributed by atoms with Gasteiger partial charge < -0.3 is 28.7 Å². The van der Waals surface area contributed by atoms with E-state index in [-0.39, 0.29) is 24.3 Å². The van der Waals surface area contributed by atoms with Crippen LogP contribution in [0.5, 0.6) is 46.0 Å². The van der Waals surface area contributed by atoms with E-state index in [1.807, 2.05) is 60.7 Å². The number of hydrogen-bond donors (Lipinski definition) is 0. The van der Waals surface area contributed by atoms with Gasteiger partial charge in [-0.15, -0.1) is 0 Å². The molecule has 378 valence electrons. The lowest BCUT2D eigenvalue weighted by molar-refractivity contribution is 0.454. The minimum absolute atomic E-state index is 0.222. The predicted molar refractivity (Wildman–Crippen MR) is 326 cm³/mol. The first-order chi connectivity index (χ1) is 39.2. The monoisotopic (exact) mass is 1030 g/mol. The van der Waals surface area contributed by atoms with Gasteiger partial charge in [0, 0.05) is 80.3 Å². The number of nitrogens with zero attached hydrogens (tertiary/aromatic N) is 2. The van der Waals surface area contributed by atoms with E-state index in [1.165, 1.54) is 55.4 Å². The minimum atomic E-state index is -0.335. The van der Waals surface area contributed by atoms with Crippen molar-refractivity contribution < 1.29 is 18.9 Å². The third-order valence-electron chi connectivity index (χ3n) is 18.0. The molecule has 0 bridgehead atoms. The Morgan fingerprint density at radius 3 is 1.15 bits per heavy atom. The van der Waals surface area contributed by atoms with Crippen LogP contribution < -0.4 is 61.5 Å². The van der Waals surface area contributed by atoms with Crippen molar-refractivity contribution in [1.82, 2.24) is 0 Å². The van der Waals surface area contributed by atoms with Crippen LogP contribution in [0.4, 0.5) is 34.1 Å². The maximum absolute atomic E-state index is 7.56. The van der Waals surface area contributed by atoms with Crippen molar-refractivity contribution in [3.8, 4) is 68.2 Å². The lowest BCUT2D eigenvalue weighted by Crippen LogP contribution is -2.64. The summed E-state index contributed by atoms with van der Waals surface area (Å²) < 4.78 is 28.8. The van der Waals surface area contributed by atoms with E-state index in [9.17, 15) is 0 Å². The Labute approximate surface area is 466 Å². The molecule has 11 aromatic carbocycles. The molecule has 0 amide bonds. The molecule has 0 radical (unpaired) electrons. The summed E-state index contributed by atoms with van der Waals surface area (Å²) in [6.45, 7) is 8.95. The highest BCUT2D eigenvalue weighted by Crippen LogP contribution is 2.57. The molecule has 0 aromatic heterocycles. The molecule has 0 spiro atoms. The van der Waals surface area contributed by atoms with E-state index in [2.05, 4.69) is 207 Å². The zero-order valence-electron chi connectivity index (χ0n) is 44.6. The fourth-order valence-corrected chi connectivity index (χ4v) is 14.6. The summed E-state index contributed by atoms with van der Waals surface area (Å²) >= 11 is 0. The zero-order chi connectivity index (χ0) is 53.2. The third-order valence-corrected chi connectivity index (χ3v) is 18.0. The number of para-hydroxylation sites is 4. The molecule has 0 unspecified atom stereocenters. The number of hydrogen-bond acceptors (Lipinski definition) is 6. The van der Waals surface area contributed by atoms with Gasteiger partial charge in [-0.1, -0.05) is 179 Å². The Hall–Kier alpha value is -9.65. The Bertz CT molecular complexity index is 4170. The molecule has 17 rings (SSSR count). The normalized spacial score (nSPS) is 15.1. The second kappa shape index (κ2) is 16.4. The number of ether oxygens (including phenoxy) is 4. The molecular formula is C72H50B2N2O4. The zero-order valence-corrected chi connectivity index (χ0v) is 44.6. The van der Waals surface area contributed by atoms with E-state index in [0.717, 1.165) is 90.5 Å². The SMILES string of the molecule is CC1(C)c2ccccc2-c2ccc3c(c21)Oc1cc(Oc2ccccc2)cc2c1B3c1cc3c(cc1N2c1ccccc1)N(c1ccccc1)c1cc(Oc2ccccc2)cc2c1B3c1ccc3c(c1O2)C(C)(C)c1ccccc1-3. The average molecular weight is 1030 g/mol. The van der Waals surface area contributed by atoms with Crippen molar-refractivity contribution in [2.75, 3.05) is 9.80 Å². The van der Waals surface area contributed by atoms with Crippen molar-refractivity contribution in [2.45, 2.75) is 38.5 Å². The summed E-state index contributed by atoms with van der Waals surface area (Å²) in [5.74, 6) is 6.30. The van der Waals surface area contributed by atoms with Crippen molar-refractivity contribution in [3.05, 3.63) is 253 Å². The van der Waals surface area contributed by atoms with Gasteiger partial charge in [-0.25, -0.2) is 0 Å². The summed E-state index contributed by atoms with van der Waals surface area (Å²) in [6, 6.07) is 82.5. The summed E-state index contributed by atoms with van der Waals surface area (Å²) in [7, 11) is 0. The molecular weight excluding hydrogens is 978 g/mol. The van der Waals surface area contributed by atoms with Crippen LogP contribution in [0.1, 0.15) is 49.9 Å². The van der Waals surface area contributed by atoms with E-state index >= 15 is 0 Å². The highest BCUT2D eigenvalue weighted by molar-refractivity contribution is 7.02. The van der Waals surface area contributed by atoms with Crippen LogP contribution in [-0.2, 0) is 10.8 Å². The number of fused-ring (bicyclic) bond motifs is 16. The van der Waals surface area contributed by atoms with Crippen molar-refractivity contribution in [3.63, 3.8) is 0 Å². The predicted octanol–water partition coefficient (Wildman–Crippen LogP) is 14.7. The number of anilines is 6. The molecule has 11 aromatic rings. The Balaban J connectivity index is 0.977. The standard InChI is InChI=1S/C72H50B2N2O4/c1-71(2)53-31-19-17-29-49(53)51-33-35-55-69(65(51)71)79-63-39-47(77-45-25-13-7-14-26-45)37-61-67(63)73(55)57-41-58-60(42-59(57)75(61)43-21-9-5-10-22-43)76(44-23-11-6-12-24-44)62-38-48(78-46-27-15-8-16-28-46)40-64-68(62)74(58)56-36-34-52-50-30-18-20-32-54(50)72(3,4)66(52)70(56)80-64/h5-42H,1-4H3. The molecule has 0 saturated carbocycles. The maximum Gasteiger partial charge on any atom is 0.256 e. The van der Waals surface area contributed by atoms with Crippen molar-refractivity contribution in [2.24, 2.45) is 0 Å². The van der Waals surface area contributed by atoms with E-state index in [4.69, 9.17) is 18.9 Å². The van der Waals surface area contributed by atoms with Crippen LogP contribution >= 0.6 is 0 Å². The Kier molecular flexibility index (Phi) is 9.33. The summed E-state index contributed by atoms with van der Waals surface area (Å²) in [6.07, 6.45) is 0. The largest absolute Gasteiger partial charge is 0.458 e. The van der Waals surface area contributed by atoms with E-state index < -0.39 is 0 Å². The molecule has 8 heteroatoms. The molecule has 0 saturated heterocycles. The van der Waals surface area contributed by atoms with Crippen molar-refractivity contribution >= 4 is 80.3 Å². The quantitative estimate of drug-likeness (QED) is 0.155. The van der Waals surface area contributed by atoms with Gasteiger partial charge in [0.15, 0.2) is 0 Å². The first kappa shape index (κ1) is 45.4. The molecule has 6 aliphatic rings. The number of benzene rings is 11. The molecule has 4 aliphatic heterocycles. The van der Waals surface area contributed by atoms with Crippen LogP contribution in [0.2, 0.25) is 0 Å². The third kappa shape index (κ3) is 6.27. The summed E-state index contributed by atoms with van der Waals surface area (Å²) in [5.41, 5.74) is 22.4. The Morgan fingerprint density at radius 1 is 0.338 bits per heavy atom. The topological polar surface area (TPSA) is 43.4 Å². The molecule has 80 heavy (non-hydrogen) atoms. The lowest BCUT2D eigenvalue weighted by Gasteiger charge is -2.45. The van der Waals surface area contributed by atoms with Gasteiger partial charge in [0.1, 0.15) is 46.0 Å². The summed E-state index contributed by atoms with van der Waals surface area (Å²) in [5, 5.41) is 0. The van der Waals surface area contributed by atoms with Crippen LogP contribution in [0.15, 0.2) is 231 Å². The highest BCUT2D eigenvalue weighted by atomic mass is 16.5. The highest BCUT2D eigenvalue weighted by Gasteiger charge is 2.51.